The number of nitrogens with one attached hydrogen (secondary N) is 2. The van der Waals surface area contributed by atoms with Gasteiger partial charge in [0, 0.05) is 30.4 Å². The van der Waals surface area contributed by atoms with Crippen molar-refractivity contribution in [1.29, 1.82) is 0 Å². The zero-order valence-electron chi connectivity index (χ0n) is 12.6. The Kier molecular flexibility index (Phi) is 4.33. The van der Waals surface area contributed by atoms with Crippen LogP contribution in [0.3, 0.4) is 0 Å². The number of aromatic amines is 1. The largest absolute Gasteiger partial charge is 0.385 e. The van der Waals surface area contributed by atoms with Crippen molar-refractivity contribution in [3.05, 3.63) is 66.1 Å². The Morgan fingerprint density at radius 3 is 2.87 bits per heavy atom. The van der Waals surface area contributed by atoms with Crippen molar-refractivity contribution in [3.63, 3.8) is 0 Å². The van der Waals surface area contributed by atoms with Gasteiger partial charge in [-0.05, 0) is 12.1 Å². The van der Waals surface area contributed by atoms with E-state index in [1.54, 1.807) is 13.2 Å². The topological polar surface area (TPSA) is 79.4 Å². The van der Waals surface area contributed by atoms with Crippen LogP contribution in [0.4, 0.5) is 0 Å². The molecule has 2 heterocycles. The van der Waals surface area contributed by atoms with Crippen LogP contribution in [-0.2, 0) is 9.63 Å². The number of pyridine rings is 1. The van der Waals surface area contributed by atoms with Gasteiger partial charge < -0.3 is 15.1 Å². The molecule has 6 heteroatoms. The molecule has 0 saturated heterocycles. The summed E-state index contributed by atoms with van der Waals surface area (Å²) in [4.78, 5) is 24.1. The predicted molar refractivity (Wildman–Crippen MR) is 88.2 cm³/mol. The van der Waals surface area contributed by atoms with E-state index in [2.05, 4.69) is 20.4 Å². The quantitative estimate of drug-likeness (QED) is 0.559. The minimum absolute atomic E-state index is 0.145. The second kappa shape index (κ2) is 6.74. The minimum atomic E-state index is -0.243. The molecule has 23 heavy (non-hydrogen) atoms. The Morgan fingerprint density at radius 2 is 2.09 bits per heavy atom. The smallest absolute Gasteiger partial charge is 0.260 e. The molecular formula is C17H16N4O2. The van der Waals surface area contributed by atoms with Crippen molar-refractivity contribution in [2.24, 2.45) is 5.16 Å². The van der Waals surface area contributed by atoms with Crippen LogP contribution in [0.25, 0.3) is 10.9 Å². The van der Waals surface area contributed by atoms with Crippen LogP contribution < -0.4 is 5.32 Å². The van der Waals surface area contributed by atoms with Gasteiger partial charge in [-0.1, -0.05) is 35.5 Å². The first-order valence-corrected chi connectivity index (χ1v) is 7.18. The number of aromatic nitrogens is 2. The number of carbonyl (C=O) groups is 1. The van der Waals surface area contributed by atoms with Crippen LogP contribution in [0.2, 0.25) is 0 Å². The lowest BCUT2D eigenvalue weighted by molar-refractivity contribution is -0.125. The first-order valence-electron chi connectivity index (χ1n) is 7.18. The number of fused-ring (bicyclic) bond motifs is 1. The Balaban J connectivity index is 2.03. The number of hydrogen-bond acceptors (Lipinski definition) is 4. The maximum Gasteiger partial charge on any atom is 0.260 e. The van der Waals surface area contributed by atoms with Crippen molar-refractivity contribution in [2.75, 3.05) is 13.7 Å². The zero-order valence-corrected chi connectivity index (χ0v) is 12.6. The number of H-pyrrole nitrogens is 1. The van der Waals surface area contributed by atoms with E-state index in [1.807, 2.05) is 48.7 Å². The van der Waals surface area contributed by atoms with Gasteiger partial charge >= 0.3 is 0 Å². The number of likely N-dealkylation sites (N-methyl/N-ethyl adjacent to an activating group) is 1. The van der Waals surface area contributed by atoms with Crippen molar-refractivity contribution < 1.29 is 9.63 Å². The highest BCUT2D eigenvalue weighted by Crippen LogP contribution is 2.18. The summed E-state index contributed by atoms with van der Waals surface area (Å²) < 4.78 is 0. The van der Waals surface area contributed by atoms with Crippen molar-refractivity contribution in [2.45, 2.75) is 0 Å². The maximum absolute atomic E-state index is 11.3. The molecule has 2 aromatic heterocycles. The summed E-state index contributed by atoms with van der Waals surface area (Å²) in [5, 5.41) is 7.68. The van der Waals surface area contributed by atoms with Crippen LogP contribution in [0.15, 0.2) is 60.0 Å². The van der Waals surface area contributed by atoms with E-state index in [4.69, 9.17) is 4.84 Å². The molecule has 0 atom stereocenters. The molecule has 0 radical (unpaired) electrons. The molecule has 0 aliphatic carbocycles. The molecule has 1 aromatic carbocycles. The van der Waals surface area contributed by atoms with E-state index in [9.17, 15) is 4.79 Å². The van der Waals surface area contributed by atoms with E-state index < -0.39 is 0 Å². The van der Waals surface area contributed by atoms with E-state index in [-0.39, 0.29) is 12.5 Å². The van der Waals surface area contributed by atoms with E-state index in [0.717, 1.165) is 16.5 Å². The van der Waals surface area contributed by atoms with E-state index in [1.165, 1.54) is 0 Å². The molecule has 1 amide bonds. The third kappa shape index (κ3) is 3.21. The second-order valence-electron chi connectivity index (χ2n) is 4.85. The maximum atomic E-state index is 11.3. The SMILES string of the molecule is CNC(=O)CON=C(c1ccccc1)c1nccc2cc[nH]c12. The van der Waals surface area contributed by atoms with Gasteiger partial charge in [0.15, 0.2) is 6.61 Å². The van der Waals surface area contributed by atoms with Crippen molar-refractivity contribution in [1.82, 2.24) is 15.3 Å². The standard InChI is InChI=1S/C17H16N4O2/c1-18-14(22)11-23-21-16(12-5-3-2-4-6-12)17-15-13(7-9-19-15)8-10-20-17/h2-10,19H,11H2,1H3,(H,18,22). The fourth-order valence-electron chi connectivity index (χ4n) is 2.22. The van der Waals surface area contributed by atoms with Gasteiger partial charge in [0.25, 0.3) is 5.91 Å². The lowest BCUT2D eigenvalue weighted by Gasteiger charge is -2.07. The van der Waals surface area contributed by atoms with Crippen molar-refractivity contribution >= 4 is 22.5 Å². The summed E-state index contributed by atoms with van der Waals surface area (Å²) in [6.45, 7) is -0.145. The average molecular weight is 308 g/mol. The minimum Gasteiger partial charge on any atom is -0.385 e. The van der Waals surface area contributed by atoms with E-state index in [0.29, 0.717) is 11.4 Å². The highest BCUT2D eigenvalue weighted by Gasteiger charge is 2.14. The lowest BCUT2D eigenvalue weighted by Crippen LogP contribution is -2.22. The van der Waals surface area contributed by atoms with Crippen LogP contribution in [0.1, 0.15) is 11.3 Å². The van der Waals surface area contributed by atoms with Gasteiger partial charge in [-0.2, -0.15) is 0 Å². The molecule has 0 unspecified atom stereocenters. The third-order valence-corrected chi connectivity index (χ3v) is 3.38. The third-order valence-electron chi connectivity index (χ3n) is 3.38. The number of rotatable bonds is 5. The molecule has 2 N–H and O–H groups in total. The molecule has 3 aromatic rings. The average Bonchev–Trinajstić information content (AvgIpc) is 3.08. The zero-order chi connectivity index (χ0) is 16.1. The fourth-order valence-corrected chi connectivity index (χ4v) is 2.22. The van der Waals surface area contributed by atoms with Gasteiger partial charge in [0.1, 0.15) is 11.4 Å². The molecule has 0 aliphatic heterocycles. The van der Waals surface area contributed by atoms with Crippen LogP contribution in [-0.4, -0.2) is 35.2 Å². The molecule has 0 bridgehead atoms. The number of carbonyl (C=O) groups excluding carboxylic acids is 1. The highest BCUT2D eigenvalue weighted by atomic mass is 16.6. The Morgan fingerprint density at radius 1 is 1.26 bits per heavy atom. The molecule has 0 aliphatic rings. The molecule has 0 saturated carbocycles. The van der Waals surface area contributed by atoms with E-state index >= 15 is 0 Å². The summed E-state index contributed by atoms with van der Waals surface area (Å²) in [6, 6.07) is 13.5. The van der Waals surface area contributed by atoms with Gasteiger partial charge in [0.2, 0.25) is 0 Å². The monoisotopic (exact) mass is 308 g/mol. The second-order valence-corrected chi connectivity index (χ2v) is 4.85. The first-order chi connectivity index (χ1) is 11.3. The van der Waals surface area contributed by atoms with Crippen LogP contribution in [0.5, 0.6) is 0 Å². The molecule has 3 rings (SSSR count). The number of hydrogen-bond donors (Lipinski definition) is 2. The molecule has 116 valence electrons. The first kappa shape index (κ1) is 14.8. The molecule has 0 spiro atoms. The lowest BCUT2D eigenvalue weighted by atomic mass is 10.1. The normalized spacial score (nSPS) is 11.4. The highest BCUT2D eigenvalue weighted by molar-refractivity contribution is 6.17. The fraction of sp³-hybridized carbons (Fsp3) is 0.118. The summed E-state index contributed by atoms with van der Waals surface area (Å²) in [7, 11) is 1.55. The molecular weight excluding hydrogens is 292 g/mol. The van der Waals surface area contributed by atoms with Crippen molar-refractivity contribution in [3.8, 4) is 0 Å². The summed E-state index contributed by atoms with van der Waals surface area (Å²) >= 11 is 0. The molecule has 0 fully saturated rings. The van der Waals surface area contributed by atoms with Crippen LogP contribution in [0, 0.1) is 0 Å². The Hall–Kier alpha value is -3.15. The summed E-state index contributed by atoms with van der Waals surface area (Å²) in [5.74, 6) is -0.243. The predicted octanol–water partition coefficient (Wildman–Crippen LogP) is 2.08. The Labute approximate surface area is 133 Å². The number of oxime groups is 1. The van der Waals surface area contributed by atoms with Gasteiger partial charge in [-0.3, -0.25) is 9.78 Å². The van der Waals surface area contributed by atoms with Crippen LogP contribution >= 0.6 is 0 Å². The molecule has 6 nitrogen and oxygen atoms in total. The number of nitrogens with zero attached hydrogens (tertiary/aromatic N) is 2. The van der Waals surface area contributed by atoms with Gasteiger partial charge in [-0.25, -0.2) is 0 Å². The summed E-state index contributed by atoms with van der Waals surface area (Å²) in [6.07, 6.45) is 3.58. The summed E-state index contributed by atoms with van der Waals surface area (Å²) in [5.41, 5.74) is 2.98. The van der Waals surface area contributed by atoms with Gasteiger partial charge in [0.05, 0.1) is 5.52 Å². The number of benzene rings is 1. The Bertz CT molecular complexity index is 840. The van der Waals surface area contributed by atoms with Gasteiger partial charge in [-0.15, -0.1) is 0 Å². The number of amides is 1.